The molecule has 170 valence electrons. The van der Waals surface area contributed by atoms with E-state index in [0.717, 1.165) is 46.0 Å². The van der Waals surface area contributed by atoms with Crippen molar-refractivity contribution in [3.8, 4) is 11.5 Å². The van der Waals surface area contributed by atoms with E-state index in [-0.39, 0.29) is 24.7 Å². The molecule has 7 nitrogen and oxygen atoms in total. The summed E-state index contributed by atoms with van der Waals surface area (Å²) in [5, 5.41) is 4.12. The average molecular weight is 460 g/mol. The van der Waals surface area contributed by atoms with Gasteiger partial charge >= 0.3 is 0 Å². The number of anilines is 3. The molecule has 2 aliphatic heterocycles. The lowest BCUT2D eigenvalue weighted by Gasteiger charge is -2.18. The minimum absolute atomic E-state index is 0.0493. The Labute approximate surface area is 193 Å². The van der Waals surface area contributed by atoms with Gasteiger partial charge < -0.3 is 19.7 Å². The van der Waals surface area contributed by atoms with E-state index in [4.69, 9.17) is 9.47 Å². The highest BCUT2D eigenvalue weighted by atomic mass is 19.1. The summed E-state index contributed by atoms with van der Waals surface area (Å²) >= 11 is 0. The Balaban J connectivity index is 1.24. The van der Waals surface area contributed by atoms with Gasteiger partial charge in [0.15, 0.2) is 11.5 Å². The molecular formula is C25H18F2N4O3. The van der Waals surface area contributed by atoms with Crippen LogP contribution in [0.5, 0.6) is 11.5 Å². The zero-order valence-electron chi connectivity index (χ0n) is 17.8. The highest BCUT2D eigenvalue weighted by molar-refractivity contribution is 5.97. The molecule has 0 radical (unpaired) electrons. The first-order chi connectivity index (χ1) is 16.5. The van der Waals surface area contributed by atoms with E-state index in [2.05, 4.69) is 15.3 Å². The van der Waals surface area contributed by atoms with Crippen molar-refractivity contribution in [2.24, 2.45) is 0 Å². The maximum atomic E-state index is 14.0. The number of carbonyl (C=O) groups excluding carboxylic acids is 1. The lowest BCUT2D eigenvalue weighted by Crippen LogP contribution is -2.30. The lowest BCUT2D eigenvalue weighted by atomic mass is 10.1. The van der Waals surface area contributed by atoms with Gasteiger partial charge in [-0.3, -0.25) is 4.79 Å². The fourth-order valence-electron chi connectivity index (χ4n) is 4.36. The van der Waals surface area contributed by atoms with Crippen LogP contribution in [-0.4, -0.2) is 29.2 Å². The van der Waals surface area contributed by atoms with Gasteiger partial charge in [-0.2, -0.15) is 0 Å². The van der Waals surface area contributed by atoms with E-state index in [1.54, 1.807) is 4.90 Å². The third kappa shape index (κ3) is 3.55. The zero-order valence-corrected chi connectivity index (χ0v) is 17.8. The van der Waals surface area contributed by atoms with Gasteiger partial charge in [0.1, 0.15) is 23.8 Å². The number of hydrogen-bond acceptors (Lipinski definition) is 6. The van der Waals surface area contributed by atoms with Crippen LogP contribution < -0.4 is 19.7 Å². The second-order valence-electron chi connectivity index (χ2n) is 8.12. The van der Waals surface area contributed by atoms with E-state index in [9.17, 15) is 13.6 Å². The lowest BCUT2D eigenvalue weighted by molar-refractivity contribution is -0.117. The Kier molecular flexibility index (Phi) is 4.75. The molecule has 1 amide bonds. The fourth-order valence-corrected chi connectivity index (χ4v) is 4.36. The molecule has 2 aliphatic rings. The number of rotatable bonds is 4. The van der Waals surface area contributed by atoms with Crippen molar-refractivity contribution in [1.29, 1.82) is 0 Å². The molecule has 9 heteroatoms. The van der Waals surface area contributed by atoms with Crippen molar-refractivity contribution >= 4 is 34.0 Å². The van der Waals surface area contributed by atoms with Crippen LogP contribution in [0.15, 0.2) is 54.9 Å². The number of nitrogens with zero attached hydrogens (tertiary/aromatic N) is 3. The Morgan fingerprint density at radius 2 is 1.88 bits per heavy atom. The van der Waals surface area contributed by atoms with Crippen molar-refractivity contribution in [1.82, 2.24) is 9.97 Å². The normalized spacial score (nSPS) is 13.9. The Hall–Kier alpha value is -4.27. The highest BCUT2D eigenvalue weighted by Crippen LogP contribution is 2.38. The van der Waals surface area contributed by atoms with Gasteiger partial charge in [0, 0.05) is 34.9 Å². The number of aromatic nitrogens is 2. The number of fused-ring (bicyclic) bond motifs is 3. The molecule has 1 aromatic heterocycles. The van der Waals surface area contributed by atoms with Crippen LogP contribution in [0.3, 0.4) is 0 Å². The molecule has 3 aromatic carbocycles. The number of hydrogen-bond donors (Lipinski definition) is 1. The summed E-state index contributed by atoms with van der Waals surface area (Å²) in [6.45, 7) is 0.655. The fraction of sp³-hybridized carbons (Fsp3) is 0.160. The summed E-state index contributed by atoms with van der Waals surface area (Å²) in [5.74, 6) is 0.481. The third-order valence-corrected chi connectivity index (χ3v) is 6.02. The Bertz CT molecular complexity index is 1460. The molecule has 0 atom stereocenters. The van der Waals surface area contributed by atoms with E-state index >= 15 is 0 Å². The molecule has 1 N–H and O–H groups in total. The minimum atomic E-state index is -0.589. The summed E-state index contributed by atoms with van der Waals surface area (Å²) in [7, 11) is 0. The monoisotopic (exact) mass is 460 g/mol. The molecule has 0 unspecified atom stereocenters. The Morgan fingerprint density at radius 1 is 1.03 bits per heavy atom. The van der Waals surface area contributed by atoms with Crippen LogP contribution >= 0.6 is 0 Å². The molecule has 34 heavy (non-hydrogen) atoms. The van der Waals surface area contributed by atoms with Gasteiger partial charge in [-0.05, 0) is 54.4 Å². The minimum Gasteiger partial charge on any atom is -0.454 e. The van der Waals surface area contributed by atoms with E-state index < -0.39 is 11.6 Å². The third-order valence-electron chi connectivity index (χ3n) is 6.02. The van der Waals surface area contributed by atoms with Crippen molar-refractivity contribution in [3.63, 3.8) is 0 Å². The standard InChI is InChI=1S/C25H18F2N4O3/c26-16-1-3-19(27)15(7-16)9-24(32)31-6-5-14-8-17(2-4-21(14)31)30-25-18-10-22-23(34-13-33-22)11-20(18)28-12-29-25/h1-4,7-8,10-12H,5-6,9,13H2,(H,28,29,30). The second kappa shape index (κ2) is 7.95. The number of carbonyl (C=O) groups is 1. The SMILES string of the molecule is O=C(Cc1cc(F)ccc1F)N1CCc2cc(Nc3ncnc4cc5c(cc34)OCO5)ccc21. The molecule has 3 heterocycles. The highest BCUT2D eigenvalue weighted by Gasteiger charge is 2.26. The second-order valence-corrected chi connectivity index (χ2v) is 8.12. The number of halogens is 2. The van der Waals surface area contributed by atoms with Gasteiger partial charge in [-0.1, -0.05) is 0 Å². The topological polar surface area (TPSA) is 76.6 Å². The summed E-state index contributed by atoms with van der Waals surface area (Å²) in [6.07, 6.45) is 1.93. The molecule has 0 fully saturated rings. The number of ether oxygens (including phenoxy) is 2. The van der Waals surface area contributed by atoms with Gasteiger partial charge in [0.2, 0.25) is 12.7 Å². The summed E-state index contributed by atoms with van der Waals surface area (Å²) in [4.78, 5) is 23.1. The summed E-state index contributed by atoms with van der Waals surface area (Å²) in [6, 6.07) is 12.5. The Morgan fingerprint density at radius 3 is 2.76 bits per heavy atom. The van der Waals surface area contributed by atoms with Crippen LogP contribution in [0, 0.1) is 11.6 Å². The van der Waals surface area contributed by atoms with Crippen molar-refractivity contribution < 1.29 is 23.0 Å². The molecule has 4 aromatic rings. The smallest absolute Gasteiger partial charge is 0.231 e. The van der Waals surface area contributed by atoms with E-state index in [1.807, 2.05) is 30.3 Å². The van der Waals surface area contributed by atoms with E-state index in [1.165, 1.54) is 6.33 Å². The van der Waals surface area contributed by atoms with Crippen LogP contribution in [0.4, 0.5) is 26.0 Å². The van der Waals surface area contributed by atoms with Crippen LogP contribution in [0.2, 0.25) is 0 Å². The zero-order chi connectivity index (χ0) is 23.2. The van der Waals surface area contributed by atoms with Crippen molar-refractivity contribution in [2.75, 3.05) is 23.6 Å². The maximum Gasteiger partial charge on any atom is 0.231 e. The molecule has 0 bridgehead atoms. The van der Waals surface area contributed by atoms with Gasteiger partial charge in [0.05, 0.1) is 11.9 Å². The molecule has 0 saturated carbocycles. The van der Waals surface area contributed by atoms with Crippen molar-refractivity contribution in [2.45, 2.75) is 12.8 Å². The van der Waals surface area contributed by atoms with Crippen LogP contribution in [0.1, 0.15) is 11.1 Å². The predicted molar refractivity (Wildman–Crippen MR) is 122 cm³/mol. The quantitative estimate of drug-likeness (QED) is 0.483. The van der Waals surface area contributed by atoms with Crippen LogP contribution in [0.25, 0.3) is 10.9 Å². The molecule has 0 spiro atoms. The van der Waals surface area contributed by atoms with Gasteiger partial charge in [-0.25, -0.2) is 18.7 Å². The molecular weight excluding hydrogens is 442 g/mol. The van der Waals surface area contributed by atoms with Crippen LogP contribution in [-0.2, 0) is 17.6 Å². The van der Waals surface area contributed by atoms with Crippen molar-refractivity contribution in [3.05, 3.63) is 77.6 Å². The molecule has 6 rings (SSSR count). The predicted octanol–water partition coefficient (Wildman–Crippen LogP) is 4.51. The van der Waals surface area contributed by atoms with Gasteiger partial charge in [-0.15, -0.1) is 0 Å². The first-order valence-electron chi connectivity index (χ1n) is 10.7. The number of benzene rings is 3. The molecule has 0 saturated heterocycles. The first-order valence-corrected chi connectivity index (χ1v) is 10.7. The average Bonchev–Trinajstić information content (AvgIpc) is 3.46. The summed E-state index contributed by atoms with van der Waals surface area (Å²) < 4.78 is 38.4. The van der Waals surface area contributed by atoms with Gasteiger partial charge in [0.25, 0.3) is 0 Å². The van der Waals surface area contributed by atoms with E-state index in [0.29, 0.717) is 30.3 Å². The number of amides is 1. The first kappa shape index (κ1) is 20.3. The number of nitrogens with one attached hydrogen (secondary N) is 1. The summed E-state index contributed by atoms with van der Waals surface area (Å²) in [5.41, 5.74) is 3.33. The largest absolute Gasteiger partial charge is 0.454 e. The maximum absolute atomic E-state index is 14.0. The molecule has 0 aliphatic carbocycles.